The van der Waals surface area contributed by atoms with Crippen molar-refractivity contribution in [1.29, 1.82) is 5.26 Å². The van der Waals surface area contributed by atoms with Crippen LogP contribution in [0, 0.1) is 17.2 Å². The van der Waals surface area contributed by atoms with Gasteiger partial charge in [-0.25, -0.2) is 9.97 Å². The fraction of sp³-hybridized carbons (Fsp3) is 0.667. The normalized spacial score (nSPS) is 23.8. The SMILES string of the molecule is N#Cc1nccnc1N1CCCC(CN2CCCC2)C1. The van der Waals surface area contributed by atoms with Gasteiger partial charge in [0.05, 0.1) is 0 Å². The molecule has 1 aromatic heterocycles. The van der Waals surface area contributed by atoms with Crippen LogP contribution >= 0.6 is 0 Å². The Labute approximate surface area is 120 Å². The topological polar surface area (TPSA) is 56.1 Å². The Kier molecular flexibility index (Phi) is 4.12. The van der Waals surface area contributed by atoms with E-state index < -0.39 is 0 Å². The number of nitrogens with zero attached hydrogens (tertiary/aromatic N) is 5. The third kappa shape index (κ3) is 2.91. The standard InChI is InChI=1S/C15H21N5/c16-10-14-15(18-6-5-17-14)20-9-3-4-13(12-20)11-19-7-1-2-8-19/h5-6,13H,1-4,7-9,11-12H2. The Balaban J connectivity index is 1.66. The molecule has 2 aliphatic rings. The average molecular weight is 271 g/mol. The van der Waals surface area contributed by atoms with E-state index in [1.54, 1.807) is 12.4 Å². The average Bonchev–Trinajstić information content (AvgIpc) is 3.00. The van der Waals surface area contributed by atoms with E-state index in [4.69, 9.17) is 5.26 Å². The van der Waals surface area contributed by atoms with Gasteiger partial charge in [-0.05, 0) is 44.7 Å². The summed E-state index contributed by atoms with van der Waals surface area (Å²) in [7, 11) is 0. The first-order valence-corrected chi connectivity index (χ1v) is 7.55. The van der Waals surface area contributed by atoms with Gasteiger partial charge in [0, 0.05) is 32.0 Å². The number of nitriles is 1. The van der Waals surface area contributed by atoms with Crippen LogP contribution < -0.4 is 4.90 Å². The quantitative estimate of drug-likeness (QED) is 0.837. The molecule has 0 aliphatic carbocycles. The van der Waals surface area contributed by atoms with E-state index in [9.17, 15) is 0 Å². The molecule has 0 aromatic carbocycles. The smallest absolute Gasteiger partial charge is 0.183 e. The van der Waals surface area contributed by atoms with Crippen molar-refractivity contribution >= 4 is 5.82 Å². The van der Waals surface area contributed by atoms with Crippen LogP contribution in [0.4, 0.5) is 5.82 Å². The van der Waals surface area contributed by atoms with Crippen LogP contribution in [-0.4, -0.2) is 47.6 Å². The Morgan fingerprint density at radius 1 is 1.15 bits per heavy atom. The van der Waals surface area contributed by atoms with Crippen LogP contribution in [0.5, 0.6) is 0 Å². The lowest BCUT2D eigenvalue weighted by Crippen LogP contribution is -2.41. The van der Waals surface area contributed by atoms with Crippen LogP contribution in [-0.2, 0) is 0 Å². The second kappa shape index (κ2) is 6.19. The molecule has 0 bridgehead atoms. The molecular weight excluding hydrogens is 250 g/mol. The molecular formula is C15H21N5. The van der Waals surface area contributed by atoms with Crippen molar-refractivity contribution in [3.63, 3.8) is 0 Å². The number of likely N-dealkylation sites (tertiary alicyclic amines) is 1. The van der Waals surface area contributed by atoms with Gasteiger partial charge in [0.25, 0.3) is 0 Å². The molecule has 0 saturated carbocycles. The monoisotopic (exact) mass is 271 g/mol. The number of piperidine rings is 1. The minimum absolute atomic E-state index is 0.453. The van der Waals surface area contributed by atoms with E-state index in [2.05, 4.69) is 25.8 Å². The molecule has 3 heterocycles. The van der Waals surface area contributed by atoms with Gasteiger partial charge in [-0.3, -0.25) is 0 Å². The molecule has 2 aliphatic heterocycles. The molecule has 3 rings (SSSR count). The van der Waals surface area contributed by atoms with Gasteiger partial charge >= 0.3 is 0 Å². The maximum atomic E-state index is 9.16. The lowest BCUT2D eigenvalue weighted by molar-refractivity contribution is 0.255. The predicted molar refractivity (Wildman–Crippen MR) is 77.4 cm³/mol. The minimum atomic E-state index is 0.453. The maximum absolute atomic E-state index is 9.16. The molecule has 5 heteroatoms. The summed E-state index contributed by atoms with van der Waals surface area (Å²) in [5, 5.41) is 9.16. The summed E-state index contributed by atoms with van der Waals surface area (Å²) in [5.74, 6) is 1.46. The molecule has 0 amide bonds. The van der Waals surface area contributed by atoms with Gasteiger partial charge in [-0.2, -0.15) is 5.26 Å². The van der Waals surface area contributed by atoms with Crippen LogP contribution in [0.2, 0.25) is 0 Å². The van der Waals surface area contributed by atoms with Gasteiger partial charge in [-0.1, -0.05) is 0 Å². The zero-order valence-electron chi connectivity index (χ0n) is 11.8. The molecule has 20 heavy (non-hydrogen) atoms. The number of hydrogen-bond acceptors (Lipinski definition) is 5. The first-order chi connectivity index (χ1) is 9.86. The third-order valence-corrected chi connectivity index (χ3v) is 4.32. The van der Waals surface area contributed by atoms with E-state index in [0.717, 1.165) is 18.9 Å². The van der Waals surface area contributed by atoms with E-state index in [1.807, 2.05) is 0 Å². The lowest BCUT2D eigenvalue weighted by Gasteiger charge is -2.35. The van der Waals surface area contributed by atoms with E-state index >= 15 is 0 Å². The van der Waals surface area contributed by atoms with Crippen LogP contribution in [0.25, 0.3) is 0 Å². The van der Waals surface area contributed by atoms with Crippen molar-refractivity contribution in [2.24, 2.45) is 5.92 Å². The van der Waals surface area contributed by atoms with Crippen LogP contribution in [0.1, 0.15) is 31.4 Å². The van der Waals surface area contributed by atoms with Crippen molar-refractivity contribution < 1.29 is 0 Å². The second-order valence-corrected chi connectivity index (χ2v) is 5.80. The van der Waals surface area contributed by atoms with E-state index in [1.165, 1.54) is 45.3 Å². The van der Waals surface area contributed by atoms with E-state index in [0.29, 0.717) is 11.6 Å². The highest BCUT2D eigenvalue weighted by molar-refractivity contribution is 5.49. The number of rotatable bonds is 3. The van der Waals surface area contributed by atoms with Gasteiger partial charge in [0.15, 0.2) is 11.5 Å². The Hall–Kier alpha value is -1.67. The number of aromatic nitrogens is 2. The van der Waals surface area contributed by atoms with Gasteiger partial charge < -0.3 is 9.80 Å². The lowest BCUT2D eigenvalue weighted by atomic mass is 9.97. The molecule has 0 N–H and O–H groups in total. The van der Waals surface area contributed by atoms with Crippen molar-refractivity contribution in [3.05, 3.63) is 18.1 Å². The molecule has 0 radical (unpaired) electrons. The number of hydrogen-bond donors (Lipinski definition) is 0. The van der Waals surface area contributed by atoms with Gasteiger partial charge in [0.2, 0.25) is 0 Å². The number of anilines is 1. The molecule has 1 aromatic rings. The maximum Gasteiger partial charge on any atom is 0.183 e. The molecule has 5 nitrogen and oxygen atoms in total. The summed E-state index contributed by atoms with van der Waals surface area (Å²) in [6, 6.07) is 2.16. The third-order valence-electron chi connectivity index (χ3n) is 4.32. The Bertz CT molecular complexity index is 489. The zero-order valence-corrected chi connectivity index (χ0v) is 11.8. The highest BCUT2D eigenvalue weighted by atomic mass is 15.2. The molecule has 2 saturated heterocycles. The van der Waals surface area contributed by atoms with Crippen molar-refractivity contribution in [2.45, 2.75) is 25.7 Å². The van der Waals surface area contributed by atoms with E-state index in [-0.39, 0.29) is 0 Å². The van der Waals surface area contributed by atoms with Gasteiger partial charge in [0.1, 0.15) is 6.07 Å². The van der Waals surface area contributed by atoms with Crippen molar-refractivity contribution in [1.82, 2.24) is 14.9 Å². The summed E-state index contributed by atoms with van der Waals surface area (Å²) in [6.45, 7) is 5.70. The predicted octanol–water partition coefficient (Wildman–Crippen LogP) is 1.66. The summed E-state index contributed by atoms with van der Waals surface area (Å²) >= 11 is 0. The first-order valence-electron chi connectivity index (χ1n) is 7.55. The molecule has 0 spiro atoms. The summed E-state index contributed by atoms with van der Waals surface area (Å²) in [6.07, 6.45) is 8.43. The molecule has 1 unspecified atom stereocenters. The molecule has 2 fully saturated rings. The highest BCUT2D eigenvalue weighted by Gasteiger charge is 2.25. The Morgan fingerprint density at radius 2 is 1.95 bits per heavy atom. The highest BCUT2D eigenvalue weighted by Crippen LogP contribution is 2.24. The fourth-order valence-corrected chi connectivity index (χ4v) is 3.38. The molecule has 106 valence electrons. The summed E-state index contributed by atoms with van der Waals surface area (Å²) in [5.41, 5.74) is 0.453. The fourth-order valence-electron chi connectivity index (χ4n) is 3.38. The zero-order chi connectivity index (χ0) is 13.8. The minimum Gasteiger partial charge on any atom is -0.354 e. The van der Waals surface area contributed by atoms with Gasteiger partial charge in [-0.15, -0.1) is 0 Å². The van der Waals surface area contributed by atoms with Crippen LogP contribution in [0.3, 0.4) is 0 Å². The van der Waals surface area contributed by atoms with Crippen molar-refractivity contribution in [3.8, 4) is 6.07 Å². The van der Waals surface area contributed by atoms with Crippen molar-refractivity contribution in [2.75, 3.05) is 37.6 Å². The van der Waals surface area contributed by atoms with Crippen LogP contribution in [0.15, 0.2) is 12.4 Å². The summed E-state index contributed by atoms with van der Waals surface area (Å²) < 4.78 is 0. The second-order valence-electron chi connectivity index (χ2n) is 5.80. The summed E-state index contributed by atoms with van der Waals surface area (Å²) in [4.78, 5) is 13.3. The largest absolute Gasteiger partial charge is 0.354 e. The molecule has 1 atom stereocenters. The Morgan fingerprint density at radius 3 is 2.75 bits per heavy atom. The first kappa shape index (κ1) is 13.3.